The van der Waals surface area contributed by atoms with Crippen molar-refractivity contribution < 1.29 is 21.6 Å². The molecule has 0 spiro atoms. The van der Waals surface area contributed by atoms with Gasteiger partial charge in [-0.05, 0) is 31.0 Å². The summed E-state index contributed by atoms with van der Waals surface area (Å²) in [6.45, 7) is 0.744. The number of piperidine rings is 1. The van der Waals surface area contributed by atoms with Crippen molar-refractivity contribution in [3.8, 4) is 0 Å². The molecule has 2 rings (SSSR count). The van der Waals surface area contributed by atoms with Crippen LogP contribution in [0, 0.1) is 0 Å². The SMILES string of the molecule is O=S(=O)(NCc1ccccc1C(F)(F)F)C1CCCNC1. The molecular weight excluding hydrogens is 305 g/mol. The zero-order valence-corrected chi connectivity index (χ0v) is 12.1. The lowest BCUT2D eigenvalue weighted by molar-refractivity contribution is -0.138. The fourth-order valence-corrected chi connectivity index (χ4v) is 3.74. The van der Waals surface area contributed by atoms with E-state index in [1.807, 2.05) is 0 Å². The van der Waals surface area contributed by atoms with Crippen molar-refractivity contribution in [1.29, 1.82) is 0 Å². The van der Waals surface area contributed by atoms with Gasteiger partial charge in [0, 0.05) is 13.1 Å². The molecule has 0 amide bonds. The number of sulfonamides is 1. The summed E-state index contributed by atoms with van der Waals surface area (Å²) < 4.78 is 65.0. The molecule has 1 aliphatic rings. The Bertz CT molecular complexity index is 581. The van der Waals surface area contributed by atoms with Crippen molar-refractivity contribution in [3.05, 3.63) is 35.4 Å². The summed E-state index contributed by atoms with van der Waals surface area (Å²) in [5, 5.41) is 2.38. The molecule has 1 heterocycles. The van der Waals surface area contributed by atoms with Gasteiger partial charge < -0.3 is 5.32 Å². The van der Waals surface area contributed by atoms with Gasteiger partial charge in [0.15, 0.2) is 0 Å². The highest BCUT2D eigenvalue weighted by molar-refractivity contribution is 7.90. The van der Waals surface area contributed by atoms with E-state index < -0.39 is 27.0 Å². The predicted molar refractivity (Wildman–Crippen MR) is 73.1 cm³/mol. The van der Waals surface area contributed by atoms with Gasteiger partial charge in [0.2, 0.25) is 10.0 Å². The number of benzene rings is 1. The summed E-state index contributed by atoms with van der Waals surface area (Å²) in [7, 11) is -3.62. The van der Waals surface area contributed by atoms with Gasteiger partial charge in [0.1, 0.15) is 0 Å². The van der Waals surface area contributed by atoms with Gasteiger partial charge in [-0.2, -0.15) is 13.2 Å². The van der Waals surface area contributed by atoms with Crippen molar-refractivity contribution in [2.75, 3.05) is 13.1 Å². The summed E-state index contributed by atoms with van der Waals surface area (Å²) in [6, 6.07) is 4.98. The molecule has 1 unspecified atom stereocenters. The van der Waals surface area contributed by atoms with E-state index in [9.17, 15) is 21.6 Å². The van der Waals surface area contributed by atoms with Crippen molar-refractivity contribution in [2.45, 2.75) is 30.8 Å². The minimum atomic E-state index is -4.49. The first-order chi connectivity index (χ1) is 9.81. The summed E-state index contributed by atoms with van der Waals surface area (Å²) in [5.41, 5.74) is -0.883. The molecule has 0 saturated carbocycles. The number of alkyl halides is 3. The summed E-state index contributed by atoms with van der Waals surface area (Å²) in [6.07, 6.45) is -3.23. The third kappa shape index (κ3) is 4.18. The van der Waals surface area contributed by atoms with Crippen LogP contribution in [0.1, 0.15) is 24.0 Å². The van der Waals surface area contributed by atoms with Crippen LogP contribution < -0.4 is 10.0 Å². The van der Waals surface area contributed by atoms with E-state index in [1.54, 1.807) is 0 Å². The van der Waals surface area contributed by atoms with Gasteiger partial charge in [-0.15, -0.1) is 0 Å². The molecule has 0 aromatic heterocycles. The number of halogens is 3. The minimum absolute atomic E-state index is 0.0719. The molecule has 4 nitrogen and oxygen atoms in total. The fraction of sp³-hybridized carbons (Fsp3) is 0.538. The Balaban J connectivity index is 2.09. The van der Waals surface area contributed by atoms with Gasteiger partial charge in [0.25, 0.3) is 0 Å². The number of rotatable bonds is 4. The van der Waals surface area contributed by atoms with E-state index >= 15 is 0 Å². The van der Waals surface area contributed by atoms with Gasteiger partial charge in [0.05, 0.1) is 10.8 Å². The second-order valence-corrected chi connectivity index (χ2v) is 7.03. The molecular formula is C13H17F3N2O2S. The monoisotopic (exact) mass is 322 g/mol. The summed E-state index contributed by atoms with van der Waals surface area (Å²) in [5.74, 6) is 0. The van der Waals surface area contributed by atoms with Crippen molar-refractivity contribution in [2.24, 2.45) is 0 Å². The maximum atomic E-state index is 12.8. The first kappa shape index (κ1) is 16.3. The highest BCUT2D eigenvalue weighted by Gasteiger charge is 2.33. The second-order valence-electron chi connectivity index (χ2n) is 4.99. The lowest BCUT2D eigenvalue weighted by atomic mass is 10.1. The van der Waals surface area contributed by atoms with Crippen LogP contribution in [0.4, 0.5) is 13.2 Å². The van der Waals surface area contributed by atoms with E-state index in [1.165, 1.54) is 18.2 Å². The van der Waals surface area contributed by atoms with E-state index in [4.69, 9.17) is 0 Å². The molecule has 21 heavy (non-hydrogen) atoms. The Kier molecular flexibility index (Phi) is 4.90. The molecule has 8 heteroatoms. The molecule has 2 N–H and O–H groups in total. The van der Waals surface area contributed by atoms with Crippen LogP contribution in [0.15, 0.2) is 24.3 Å². The van der Waals surface area contributed by atoms with Gasteiger partial charge in [-0.25, -0.2) is 13.1 Å². The summed E-state index contributed by atoms with van der Waals surface area (Å²) in [4.78, 5) is 0. The summed E-state index contributed by atoms with van der Waals surface area (Å²) >= 11 is 0. The lowest BCUT2D eigenvalue weighted by Gasteiger charge is -2.23. The molecule has 1 aromatic rings. The zero-order valence-electron chi connectivity index (χ0n) is 11.3. The smallest absolute Gasteiger partial charge is 0.315 e. The minimum Gasteiger partial charge on any atom is -0.315 e. The average molecular weight is 322 g/mol. The Morgan fingerprint density at radius 3 is 2.62 bits per heavy atom. The molecule has 0 aliphatic carbocycles. The lowest BCUT2D eigenvalue weighted by Crippen LogP contribution is -2.44. The standard InChI is InChI=1S/C13H17F3N2O2S/c14-13(15,16)12-6-2-1-4-10(12)8-18-21(19,20)11-5-3-7-17-9-11/h1-2,4,6,11,17-18H,3,5,7-9H2. The Hall–Kier alpha value is -1.12. The third-order valence-corrected chi connectivity index (χ3v) is 5.30. The van der Waals surface area contributed by atoms with E-state index in [-0.39, 0.29) is 12.1 Å². The van der Waals surface area contributed by atoms with Crippen LogP contribution in [0.5, 0.6) is 0 Å². The molecule has 1 aromatic carbocycles. The van der Waals surface area contributed by atoms with Crippen LogP contribution in [0.3, 0.4) is 0 Å². The van der Waals surface area contributed by atoms with Gasteiger partial charge in [-0.1, -0.05) is 18.2 Å². The number of hydrogen-bond donors (Lipinski definition) is 2. The average Bonchev–Trinajstić information content (AvgIpc) is 2.45. The van der Waals surface area contributed by atoms with E-state index in [0.29, 0.717) is 13.0 Å². The molecule has 1 fully saturated rings. The van der Waals surface area contributed by atoms with Gasteiger partial charge >= 0.3 is 6.18 Å². The molecule has 118 valence electrons. The van der Waals surface area contributed by atoms with Crippen molar-refractivity contribution in [1.82, 2.24) is 10.0 Å². The first-order valence-electron chi connectivity index (χ1n) is 6.65. The predicted octanol–water partition coefficient (Wildman–Crippen LogP) is 1.88. The van der Waals surface area contributed by atoms with Crippen LogP contribution >= 0.6 is 0 Å². The Morgan fingerprint density at radius 2 is 2.00 bits per heavy atom. The second kappa shape index (κ2) is 6.33. The topological polar surface area (TPSA) is 58.2 Å². The number of nitrogens with one attached hydrogen (secondary N) is 2. The quantitative estimate of drug-likeness (QED) is 0.890. The zero-order chi connectivity index (χ0) is 15.5. The largest absolute Gasteiger partial charge is 0.416 e. The molecule has 1 atom stereocenters. The Morgan fingerprint density at radius 1 is 1.29 bits per heavy atom. The molecule has 0 radical (unpaired) electrons. The van der Waals surface area contributed by atoms with Crippen molar-refractivity contribution in [3.63, 3.8) is 0 Å². The van der Waals surface area contributed by atoms with Crippen molar-refractivity contribution >= 4 is 10.0 Å². The third-order valence-electron chi connectivity index (χ3n) is 3.48. The highest BCUT2D eigenvalue weighted by Crippen LogP contribution is 2.31. The normalized spacial score (nSPS) is 20.4. The van der Waals surface area contributed by atoms with E-state index in [0.717, 1.165) is 19.0 Å². The van der Waals surface area contributed by atoms with Crippen LogP contribution in [-0.2, 0) is 22.7 Å². The first-order valence-corrected chi connectivity index (χ1v) is 8.19. The fourth-order valence-electron chi connectivity index (χ4n) is 2.33. The molecule has 1 aliphatic heterocycles. The maximum absolute atomic E-state index is 12.8. The van der Waals surface area contributed by atoms with E-state index in [2.05, 4.69) is 10.0 Å². The molecule has 0 bridgehead atoms. The Labute approximate surface area is 121 Å². The van der Waals surface area contributed by atoms with Gasteiger partial charge in [-0.3, -0.25) is 0 Å². The maximum Gasteiger partial charge on any atom is 0.416 e. The van der Waals surface area contributed by atoms with Crippen LogP contribution in [0.2, 0.25) is 0 Å². The molecule has 1 saturated heterocycles. The van der Waals surface area contributed by atoms with Crippen LogP contribution in [0.25, 0.3) is 0 Å². The highest BCUT2D eigenvalue weighted by atomic mass is 32.2. The van der Waals surface area contributed by atoms with Crippen LogP contribution in [-0.4, -0.2) is 26.8 Å². The number of hydrogen-bond acceptors (Lipinski definition) is 3.